The number of carbonyl (C=O) groups is 3. The zero-order valence-corrected chi connectivity index (χ0v) is 21.7. The van der Waals surface area contributed by atoms with Crippen LogP contribution in [0.3, 0.4) is 0 Å². The van der Waals surface area contributed by atoms with Gasteiger partial charge in [0.05, 0.1) is 21.3 Å². The molecule has 2 aromatic rings. The summed E-state index contributed by atoms with van der Waals surface area (Å²) in [5.74, 6) is -0.247. The first-order valence-electron chi connectivity index (χ1n) is 10.9. The summed E-state index contributed by atoms with van der Waals surface area (Å²) in [6.07, 6.45) is 0.235. The molecule has 8 nitrogen and oxygen atoms in total. The van der Waals surface area contributed by atoms with E-state index >= 15 is 0 Å². The number of hydrogen-bond acceptors (Lipinski definition) is 5. The lowest BCUT2D eigenvalue weighted by molar-refractivity contribution is -0.130. The molecule has 1 aliphatic rings. The molecule has 11 heteroatoms. The second-order valence-electron chi connectivity index (χ2n) is 9.00. The van der Waals surface area contributed by atoms with E-state index in [-0.39, 0.29) is 28.7 Å². The molecule has 34 heavy (non-hydrogen) atoms. The molecule has 0 bridgehead atoms. The van der Waals surface area contributed by atoms with Crippen molar-refractivity contribution in [1.29, 1.82) is 0 Å². The third kappa shape index (κ3) is 6.21. The second-order valence-corrected chi connectivity index (χ2v) is 10.8. The van der Waals surface area contributed by atoms with E-state index in [2.05, 4.69) is 10.6 Å². The Morgan fingerprint density at radius 2 is 1.88 bits per heavy atom. The van der Waals surface area contributed by atoms with Crippen LogP contribution in [-0.4, -0.2) is 60.4 Å². The number of halogens is 2. The highest BCUT2D eigenvalue weighted by Gasteiger charge is 2.29. The Kier molecular flexibility index (Phi) is 8.46. The summed E-state index contributed by atoms with van der Waals surface area (Å²) in [6, 6.07) is 6.21. The van der Waals surface area contributed by atoms with E-state index in [0.717, 1.165) is 4.88 Å². The first-order valence-corrected chi connectivity index (χ1v) is 12.5. The molecule has 4 amide bonds. The van der Waals surface area contributed by atoms with Crippen molar-refractivity contribution in [3.05, 3.63) is 44.8 Å². The van der Waals surface area contributed by atoms with E-state index in [9.17, 15) is 14.4 Å². The smallest absolute Gasteiger partial charge is 0.324 e. The molecule has 0 atom stereocenters. The van der Waals surface area contributed by atoms with Crippen LogP contribution in [0, 0.1) is 0 Å². The molecule has 0 spiro atoms. The van der Waals surface area contributed by atoms with Crippen molar-refractivity contribution >= 4 is 63.1 Å². The Balaban J connectivity index is 1.83. The molecular formula is C23H29Cl2N5O3S. The molecule has 0 radical (unpaired) electrons. The van der Waals surface area contributed by atoms with Crippen LogP contribution in [0.5, 0.6) is 0 Å². The lowest BCUT2D eigenvalue weighted by Gasteiger charge is -2.22. The van der Waals surface area contributed by atoms with E-state index < -0.39 is 6.03 Å². The van der Waals surface area contributed by atoms with Gasteiger partial charge in [-0.1, -0.05) is 50.0 Å². The van der Waals surface area contributed by atoms with Crippen LogP contribution in [0.15, 0.2) is 24.3 Å². The van der Waals surface area contributed by atoms with Crippen molar-refractivity contribution < 1.29 is 14.4 Å². The highest BCUT2D eigenvalue weighted by Crippen LogP contribution is 2.37. The van der Waals surface area contributed by atoms with Crippen LogP contribution >= 0.6 is 34.5 Å². The zero-order chi connectivity index (χ0) is 25.0. The summed E-state index contributed by atoms with van der Waals surface area (Å²) in [4.78, 5) is 42.9. The van der Waals surface area contributed by atoms with Gasteiger partial charge in [-0.2, -0.15) is 0 Å². The maximum Gasteiger partial charge on any atom is 0.324 e. The minimum atomic E-state index is -0.541. The molecule has 0 aliphatic carbocycles. The molecule has 1 aliphatic heterocycles. The van der Waals surface area contributed by atoms with Crippen molar-refractivity contribution in [1.82, 2.24) is 9.80 Å². The summed E-state index contributed by atoms with van der Waals surface area (Å²) in [5, 5.41) is 6.46. The molecule has 1 fully saturated rings. The number of rotatable bonds is 5. The third-order valence-electron chi connectivity index (χ3n) is 5.40. The number of hydrogen-bond donors (Lipinski definition) is 3. The molecule has 4 N–H and O–H groups in total. The van der Waals surface area contributed by atoms with E-state index in [1.165, 1.54) is 11.3 Å². The highest BCUT2D eigenvalue weighted by atomic mass is 35.5. The minimum absolute atomic E-state index is 0.0161. The van der Waals surface area contributed by atoms with E-state index in [4.69, 9.17) is 28.9 Å². The van der Waals surface area contributed by atoms with Gasteiger partial charge in [-0.3, -0.25) is 14.9 Å². The first kappa shape index (κ1) is 26.3. The van der Waals surface area contributed by atoms with Gasteiger partial charge >= 0.3 is 6.03 Å². The summed E-state index contributed by atoms with van der Waals surface area (Å²) >= 11 is 13.6. The van der Waals surface area contributed by atoms with Crippen LogP contribution in [0.1, 0.15) is 42.4 Å². The predicted molar refractivity (Wildman–Crippen MR) is 138 cm³/mol. The standard InChI is InChI=1S/C23H29Cl2N5O3S/c1-23(2,3)17-13-14(21(32)30-9-7-18(31)29(10-8-26)11-12-30)20(34-17)28-22(33)27-16-6-4-5-15(24)19(16)25/h4-6,13H,7-12,26H2,1-3H3,(H2,27,28,33). The van der Waals surface area contributed by atoms with Gasteiger partial charge in [0.2, 0.25) is 5.91 Å². The average molecular weight is 526 g/mol. The second kappa shape index (κ2) is 10.9. The Labute approximate surface area is 213 Å². The molecule has 1 aromatic heterocycles. The number of amides is 4. The summed E-state index contributed by atoms with van der Waals surface area (Å²) < 4.78 is 0. The van der Waals surface area contributed by atoms with Gasteiger partial charge in [0.15, 0.2) is 0 Å². The number of anilines is 2. The van der Waals surface area contributed by atoms with Crippen molar-refractivity contribution in [2.75, 3.05) is 43.4 Å². The van der Waals surface area contributed by atoms with E-state index in [1.807, 2.05) is 26.8 Å². The summed E-state index contributed by atoms with van der Waals surface area (Å²) in [6.45, 7) is 8.09. The van der Waals surface area contributed by atoms with Gasteiger partial charge in [-0.05, 0) is 23.6 Å². The fourth-order valence-corrected chi connectivity index (χ4v) is 4.95. The number of nitrogens with zero attached hydrogens (tertiary/aromatic N) is 2. The molecular weight excluding hydrogens is 497 g/mol. The van der Waals surface area contributed by atoms with Gasteiger partial charge < -0.3 is 20.9 Å². The van der Waals surface area contributed by atoms with E-state index in [1.54, 1.807) is 28.0 Å². The quantitative estimate of drug-likeness (QED) is 0.528. The van der Waals surface area contributed by atoms with Crippen LogP contribution in [-0.2, 0) is 10.2 Å². The Morgan fingerprint density at radius 3 is 2.56 bits per heavy atom. The normalized spacial score (nSPS) is 14.7. The van der Waals surface area contributed by atoms with Gasteiger partial charge in [-0.25, -0.2) is 4.79 Å². The van der Waals surface area contributed by atoms with Crippen LogP contribution in [0.4, 0.5) is 15.5 Å². The number of nitrogens with one attached hydrogen (secondary N) is 2. The molecule has 1 aromatic carbocycles. The number of benzene rings is 1. The SMILES string of the molecule is CC(C)(C)c1cc(C(=O)N2CCC(=O)N(CCN)CC2)c(NC(=O)Nc2cccc(Cl)c2Cl)s1. The summed E-state index contributed by atoms with van der Waals surface area (Å²) in [7, 11) is 0. The maximum atomic E-state index is 13.5. The van der Waals surface area contributed by atoms with Gasteiger partial charge in [0.25, 0.3) is 5.91 Å². The van der Waals surface area contributed by atoms with Gasteiger partial charge in [0, 0.05) is 44.0 Å². The highest BCUT2D eigenvalue weighted by molar-refractivity contribution is 7.16. The van der Waals surface area contributed by atoms with Crippen molar-refractivity contribution in [2.24, 2.45) is 5.73 Å². The first-order chi connectivity index (χ1) is 16.0. The van der Waals surface area contributed by atoms with Crippen molar-refractivity contribution in [2.45, 2.75) is 32.6 Å². The number of carbonyl (C=O) groups excluding carboxylic acids is 3. The summed E-state index contributed by atoms with van der Waals surface area (Å²) in [5.41, 5.74) is 6.13. The zero-order valence-electron chi connectivity index (χ0n) is 19.4. The van der Waals surface area contributed by atoms with Crippen LogP contribution in [0.2, 0.25) is 10.0 Å². The molecule has 0 unspecified atom stereocenters. The van der Waals surface area contributed by atoms with Gasteiger partial charge in [-0.15, -0.1) is 11.3 Å². The average Bonchev–Trinajstić information content (AvgIpc) is 3.10. The fraction of sp³-hybridized carbons (Fsp3) is 0.435. The lowest BCUT2D eigenvalue weighted by Crippen LogP contribution is -2.38. The van der Waals surface area contributed by atoms with E-state index in [0.29, 0.717) is 54.0 Å². The van der Waals surface area contributed by atoms with Gasteiger partial charge in [0.1, 0.15) is 5.00 Å². The van der Waals surface area contributed by atoms with Crippen LogP contribution in [0.25, 0.3) is 0 Å². The number of thiophene rings is 1. The molecule has 1 saturated heterocycles. The number of nitrogens with two attached hydrogens (primary N) is 1. The topological polar surface area (TPSA) is 108 Å². The monoisotopic (exact) mass is 525 g/mol. The Hall–Kier alpha value is -2.33. The van der Waals surface area contributed by atoms with Crippen molar-refractivity contribution in [3.8, 4) is 0 Å². The van der Waals surface area contributed by atoms with Crippen molar-refractivity contribution in [3.63, 3.8) is 0 Å². The third-order valence-corrected chi connectivity index (χ3v) is 7.70. The predicted octanol–water partition coefficient (Wildman–Crippen LogP) is 4.63. The molecule has 3 rings (SSSR count). The molecule has 2 heterocycles. The minimum Gasteiger partial charge on any atom is -0.340 e. The molecule has 184 valence electrons. The Morgan fingerprint density at radius 1 is 1.15 bits per heavy atom. The fourth-order valence-electron chi connectivity index (χ4n) is 3.50. The maximum absolute atomic E-state index is 13.5. The lowest BCUT2D eigenvalue weighted by atomic mass is 9.94. The largest absolute Gasteiger partial charge is 0.340 e. The Bertz CT molecular complexity index is 1080. The number of urea groups is 1. The molecule has 0 saturated carbocycles. The van der Waals surface area contributed by atoms with Crippen LogP contribution < -0.4 is 16.4 Å².